The van der Waals surface area contributed by atoms with Gasteiger partial charge in [-0.1, -0.05) is 44.9 Å². The van der Waals surface area contributed by atoms with E-state index in [1.807, 2.05) is 47.4 Å². The number of hydrogen-bond acceptors (Lipinski definition) is 10. The highest BCUT2D eigenvalue weighted by atomic mass is 16.9. The molecular weight excluding hydrogens is 570 g/mol. The molecule has 1 amide bonds. The summed E-state index contributed by atoms with van der Waals surface area (Å²) in [6.07, 6.45) is 3.99. The largest absolute Gasteiger partial charge is 0.497 e. The van der Waals surface area contributed by atoms with Gasteiger partial charge in [0.05, 0.1) is 32.8 Å². The summed E-state index contributed by atoms with van der Waals surface area (Å²) < 4.78 is 22.2. The summed E-state index contributed by atoms with van der Waals surface area (Å²) >= 11 is 0. The first-order chi connectivity index (χ1) is 21.4. The Bertz CT molecular complexity index is 1250. The van der Waals surface area contributed by atoms with Crippen molar-refractivity contribution in [2.45, 2.75) is 57.9 Å². The minimum atomic E-state index is -0.868. The number of ether oxygens (including phenoxy) is 4. The maximum Gasteiger partial charge on any atom is 0.311 e. The van der Waals surface area contributed by atoms with Gasteiger partial charge in [0.1, 0.15) is 5.75 Å². The first-order valence-corrected chi connectivity index (χ1v) is 15.4. The number of carbonyl (C=O) groups excluding carboxylic acids is 2. The average molecular weight is 614 g/mol. The Labute approximate surface area is 258 Å². The molecule has 4 rings (SSSR count). The highest BCUT2D eigenvalue weighted by Gasteiger charge is 2.49. The highest BCUT2D eigenvalue weighted by molar-refractivity contribution is 5.80. The van der Waals surface area contributed by atoms with Gasteiger partial charge < -0.3 is 28.7 Å². The third-order valence-electron chi connectivity index (χ3n) is 8.14. The van der Waals surface area contributed by atoms with Crippen LogP contribution >= 0.6 is 0 Å². The Morgan fingerprint density at radius 3 is 2.32 bits per heavy atom. The van der Waals surface area contributed by atoms with Crippen LogP contribution < -0.4 is 14.2 Å². The first kappa shape index (κ1) is 32.8. The van der Waals surface area contributed by atoms with E-state index in [1.165, 1.54) is 0 Å². The fourth-order valence-corrected chi connectivity index (χ4v) is 5.86. The summed E-state index contributed by atoms with van der Waals surface area (Å²) in [5.74, 6) is 0.501. The van der Waals surface area contributed by atoms with Crippen LogP contribution in [0.5, 0.6) is 17.2 Å². The molecule has 3 atom stereocenters. The molecule has 0 aliphatic carbocycles. The molecule has 1 saturated heterocycles. The molecule has 44 heavy (non-hydrogen) atoms. The van der Waals surface area contributed by atoms with Crippen LogP contribution in [0.4, 0.5) is 0 Å². The van der Waals surface area contributed by atoms with Crippen LogP contribution in [-0.4, -0.2) is 80.1 Å². The number of unbranched alkanes of at least 4 members (excludes halogenated alkanes) is 2. The molecular formula is C32H43N3O9. The third kappa shape index (κ3) is 8.31. The number of amides is 1. The zero-order valence-corrected chi connectivity index (χ0v) is 25.8. The van der Waals surface area contributed by atoms with Gasteiger partial charge in [0.2, 0.25) is 12.7 Å². The molecule has 0 spiro atoms. The second kappa shape index (κ2) is 16.1. The highest BCUT2D eigenvalue weighted by Crippen LogP contribution is 2.48. The number of methoxy groups -OCH3 is 1. The van der Waals surface area contributed by atoms with Crippen molar-refractivity contribution in [3.63, 3.8) is 0 Å². The predicted molar refractivity (Wildman–Crippen MR) is 161 cm³/mol. The summed E-state index contributed by atoms with van der Waals surface area (Å²) in [5.41, 5.74) is 1.73. The Hall–Kier alpha value is -4.06. The number of carbonyl (C=O) groups is 2. The smallest absolute Gasteiger partial charge is 0.311 e. The van der Waals surface area contributed by atoms with Gasteiger partial charge in [0.25, 0.3) is 5.09 Å². The molecule has 0 saturated carbocycles. The van der Waals surface area contributed by atoms with E-state index in [2.05, 4.69) is 23.6 Å². The van der Waals surface area contributed by atoms with Gasteiger partial charge in [-0.15, -0.1) is 10.1 Å². The molecule has 2 aliphatic heterocycles. The van der Waals surface area contributed by atoms with E-state index >= 15 is 0 Å². The standard InChI is InChI=1S/C32H43N3O9/c1-4-6-15-33(16-7-5-2)29(36)21-34-20-26(24-11-14-27-28(19-24)43-22-42-27)30(32(37)41-17-8-18-44-35(38)39)31(34)23-9-12-25(40-3)13-10-23/h9-14,19,26,30-31H,4-8,15-18,20-22H2,1-3H3. The number of esters is 1. The van der Waals surface area contributed by atoms with E-state index in [4.69, 9.17) is 18.9 Å². The number of nitrogens with zero attached hydrogens (tertiary/aromatic N) is 3. The van der Waals surface area contributed by atoms with E-state index in [0.29, 0.717) is 36.9 Å². The van der Waals surface area contributed by atoms with E-state index in [9.17, 15) is 19.7 Å². The van der Waals surface area contributed by atoms with Crippen molar-refractivity contribution in [2.24, 2.45) is 5.92 Å². The number of benzene rings is 2. The SMILES string of the molecule is CCCCN(CCCC)C(=O)CN1CC(c2ccc3c(c2)OCO3)C(C(=O)OCCCO[N+](=O)[O-])C1c1ccc(OC)cc1. The average Bonchev–Trinajstić information content (AvgIpc) is 3.65. The fraction of sp³-hybridized carbons (Fsp3) is 0.562. The van der Waals surface area contributed by atoms with Gasteiger partial charge in [-0.05, 0) is 48.2 Å². The van der Waals surface area contributed by atoms with Crippen LogP contribution in [0, 0.1) is 16.0 Å². The monoisotopic (exact) mass is 613 g/mol. The molecule has 0 N–H and O–H groups in total. The number of hydrogen-bond donors (Lipinski definition) is 0. The molecule has 12 nitrogen and oxygen atoms in total. The van der Waals surface area contributed by atoms with Crippen molar-refractivity contribution in [2.75, 3.05) is 53.3 Å². The van der Waals surface area contributed by atoms with E-state index in [-0.39, 0.29) is 44.8 Å². The van der Waals surface area contributed by atoms with Crippen LogP contribution in [0.2, 0.25) is 0 Å². The van der Waals surface area contributed by atoms with Crippen molar-refractivity contribution in [1.82, 2.24) is 9.80 Å². The van der Waals surface area contributed by atoms with Crippen molar-refractivity contribution >= 4 is 11.9 Å². The molecule has 2 aromatic rings. The fourth-order valence-electron chi connectivity index (χ4n) is 5.86. The zero-order valence-electron chi connectivity index (χ0n) is 25.8. The first-order valence-electron chi connectivity index (χ1n) is 15.4. The summed E-state index contributed by atoms with van der Waals surface area (Å²) in [5, 5.41) is 9.66. The predicted octanol–water partition coefficient (Wildman–Crippen LogP) is 4.75. The maximum absolute atomic E-state index is 13.9. The molecule has 3 unspecified atom stereocenters. The normalized spacial score (nSPS) is 19.0. The van der Waals surface area contributed by atoms with Crippen molar-refractivity contribution in [1.29, 1.82) is 0 Å². The van der Waals surface area contributed by atoms with E-state index in [1.54, 1.807) is 7.11 Å². The Morgan fingerprint density at radius 2 is 1.66 bits per heavy atom. The molecule has 2 heterocycles. The van der Waals surface area contributed by atoms with Gasteiger partial charge in [-0.2, -0.15) is 0 Å². The lowest BCUT2D eigenvalue weighted by atomic mass is 9.82. The quantitative estimate of drug-likeness (QED) is 0.107. The summed E-state index contributed by atoms with van der Waals surface area (Å²) in [4.78, 5) is 46.6. The lowest BCUT2D eigenvalue weighted by molar-refractivity contribution is -0.757. The summed E-state index contributed by atoms with van der Waals surface area (Å²) in [6, 6.07) is 12.7. The van der Waals surface area contributed by atoms with Crippen LogP contribution in [0.15, 0.2) is 42.5 Å². The number of fused-ring (bicyclic) bond motifs is 1. The topological polar surface area (TPSA) is 130 Å². The Kier molecular flexibility index (Phi) is 12.0. The number of rotatable bonds is 17. The molecule has 2 aromatic carbocycles. The van der Waals surface area contributed by atoms with Crippen molar-refractivity contribution in [3.05, 3.63) is 63.7 Å². The molecule has 0 radical (unpaired) electrons. The lowest BCUT2D eigenvalue weighted by Gasteiger charge is -2.30. The molecule has 2 aliphatic rings. The van der Waals surface area contributed by atoms with Gasteiger partial charge in [0.15, 0.2) is 11.5 Å². The summed E-state index contributed by atoms with van der Waals surface area (Å²) in [7, 11) is 1.59. The second-order valence-corrected chi connectivity index (χ2v) is 11.1. The minimum Gasteiger partial charge on any atom is -0.497 e. The lowest BCUT2D eigenvalue weighted by Crippen LogP contribution is -2.42. The van der Waals surface area contributed by atoms with Crippen LogP contribution in [0.3, 0.4) is 0 Å². The number of likely N-dealkylation sites (tertiary alicyclic amines) is 1. The van der Waals surface area contributed by atoms with Gasteiger partial charge in [0, 0.05) is 38.0 Å². The van der Waals surface area contributed by atoms with E-state index < -0.39 is 23.0 Å². The van der Waals surface area contributed by atoms with Gasteiger partial charge in [-0.3, -0.25) is 14.5 Å². The molecule has 0 aromatic heterocycles. The molecule has 1 fully saturated rings. The van der Waals surface area contributed by atoms with Crippen molar-refractivity contribution < 1.29 is 38.5 Å². The van der Waals surface area contributed by atoms with E-state index in [0.717, 1.165) is 36.8 Å². The molecule has 0 bridgehead atoms. The Morgan fingerprint density at radius 1 is 0.977 bits per heavy atom. The molecule has 240 valence electrons. The molecule has 12 heteroatoms. The Balaban J connectivity index is 1.67. The van der Waals surface area contributed by atoms with Crippen LogP contribution in [0.25, 0.3) is 0 Å². The summed E-state index contributed by atoms with van der Waals surface area (Å²) in [6.45, 7) is 6.10. The minimum absolute atomic E-state index is 0.0285. The van der Waals surface area contributed by atoms with Crippen LogP contribution in [-0.2, 0) is 19.2 Å². The van der Waals surface area contributed by atoms with Gasteiger partial charge in [-0.25, -0.2) is 0 Å². The second-order valence-electron chi connectivity index (χ2n) is 11.1. The van der Waals surface area contributed by atoms with Crippen LogP contribution in [0.1, 0.15) is 69.0 Å². The maximum atomic E-state index is 13.9. The van der Waals surface area contributed by atoms with Crippen molar-refractivity contribution in [3.8, 4) is 17.2 Å². The van der Waals surface area contributed by atoms with Gasteiger partial charge >= 0.3 is 5.97 Å². The zero-order chi connectivity index (χ0) is 31.5. The third-order valence-corrected chi connectivity index (χ3v) is 8.14.